The monoisotopic (exact) mass is 212 g/mol. The largest absolute Gasteiger partial charge is 0.388 e. The third-order valence-electron chi connectivity index (χ3n) is 4.39. The summed E-state index contributed by atoms with van der Waals surface area (Å²) >= 11 is 0. The van der Waals surface area contributed by atoms with Crippen LogP contribution in [0.25, 0.3) is 0 Å². The van der Waals surface area contributed by atoms with E-state index in [0.29, 0.717) is 5.92 Å². The average molecular weight is 212 g/mol. The predicted molar refractivity (Wildman–Crippen MR) is 61.6 cm³/mol. The summed E-state index contributed by atoms with van der Waals surface area (Å²) in [4.78, 5) is 0. The molecule has 1 aliphatic heterocycles. The Morgan fingerprint density at radius 3 is 2.53 bits per heavy atom. The van der Waals surface area contributed by atoms with Crippen molar-refractivity contribution in [3.63, 3.8) is 0 Å². The van der Waals surface area contributed by atoms with Gasteiger partial charge < -0.3 is 16.2 Å². The van der Waals surface area contributed by atoms with Gasteiger partial charge in [-0.05, 0) is 44.7 Å². The summed E-state index contributed by atoms with van der Waals surface area (Å²) in [6, 6.07) is 0. The summed E-state index contributed by atoms with van der Waals surface area (Å²) in [5.41, 5.74) is 5.54. The molecule has 0 bridgehead atoms. The molecule has 0 aromatic carbocycles. The van der Waals surface area contributed by atoms with Crippen LogP contribution in [0.15, 0.2) is 0 Å². The maximum Gasteiger partial charge on any atom is 0.0850 e. The Morgan fingerprint density at radius 2 is 1.93 bits per heavy atom. The van der Waals surface area contributed by atoms with E-state index in [0.717, 1.165) is 38.8 Å². The van der Waals surface area contributed by atoms with Crippen LogP contribution in [0.1, 0.15) is 45.4 Å². The summed E-state index contributed by atoms with van der Waals surface area (Å²) in [5, 5.41) is 14.0. The molecule has 2 rings (SSSR count). The number of nitrogens with one attached hydrogen (secondary N) is 1. The van der Waals surface area contributed by atoms with Gasteiger partial charge in [0.2, 0.25) is 0 Å². The molecule has 0 aromatic rings. The second-order valence-electron chi connectivity index (χ2n) is 5.64. The number of aliphatic hydroxyl groups is 1. The van der Waals surface area contributed by atoms with Crippen LogP contribution in [0, 0.1) is 5.92 Å². The van der Waals surface area contributed by atoms with E-state index < -0.39 is 5.60 Å². The number of hydrogen-bond donors (Lipinski definition) is 3. The topological polar surface area (TPSA) is 58.3 Å². The second-order valence-corrected chi connectivity index (χ2v) is 5.64. The Kier molecular flexibility index (Phi) is 3.06. The molecule has 2 atom stereocenters. The lowest BCUT2D eigenvalue weighted by Crippen LogP contribution is -2.65. The van der Waals surface area contributed by atoms with Crippen LogP contribution in [0.3, 0.4) is 0 Å². The summed E-state index contributed by atoms with van der Waals surface area (Å²) in [6.45, 7) is 4.07. The Balaban J connectivity index is 2.11. The minimum atomic E-state index is -0.618. The van der Waals surface area contributed by atoms with Gasteiger partial charge in [-0.1, -0.05) is 19.8 Å². The van der Waals surface area contributed by atoms with Crippen LogP contribution in [-0.4, -0.2) is 29.3 Å². The smallest absolute Gasteiger partial charge is 0.0850 e. The van der Waals surface area contributed by atoms with Crippen molar-refractivity contribution in [3.8, 4) is 0 Å². The highest BCUT2D eigenvalue weighted by atomic mass is 16.3. The highest BCUT2D eigenvalue weighted by Crippen LogP contribution is 2.41. The lowest BCUT2D eigenvalue weighted by Gasteiger charge is -2.50. The van der Waals surface area contributed by atoms with Crippen LogP contribution in [-0.2, 0) is 0 Å². The van der Waals surface area contributed by atoms with E-state index >= 15 is 0 Å². The summed E-state index contributed by atoms with van der Waals surface area (Å²) in [6.07, 6.45) is 6.06. The van der Waals surface area contributed by atoms with Gasteiger partial charge in [0.1, 0.15) is 0 Å². The zero-order valence-corrected chi connectivity index (χ0v) is 9.76. The van der Waals surface area contributed by atoms with E-state index in [1.165, 1.54) is 12.8 Å². The van der Waals surface area contributed by atoms with Crippen molar-refractivity contribution in [1.29, 1.82) is 0 Å². The maximum atomic E-state index is 10.7. The van der Waals surface area contributed by atoms with Crippen LogP contribution in [0.2, 0.25) is 0 Å². The zero-order chi connectivity index (χ0) is 10.9. The molecular formula is C12H24N2O. The fourth-order valence-corrected chi connectivity index (χ4v) is 3.35. The Morgan fingerprint density at radius 1 is 1.27 bits per heavy atom. The minimum absolute atomic E-state index is 0.327. The molecule has 0 radical (unpaired) electrons. The van der Waals surface area contributed by atoms with Crippen molar-refractivity contribution in [2.75, 3.05) is 13.1 Å². The van der Waals surface area contributed by atoms with E-state index in [-0.39, 0.29) is 5.54 Å². The highest BCUT2D eigenvalue weighted by Gasteiger charge is 2.49. The molecule has 0 spiro atoms. The van der Waals surface area contributed by atoms with Crippen LogP contribution in [0.4, 0.5) is 0 Å². The Bertz CT molecular complexity index is 226. The third-order valence-corrected chi connectivity index (χ3v) is 4.39. The van der Waals surface area contributed by atoms with Gasteiger partial charge in [0.15, 0.2) is 0 Å². The first-order chi connectivity index (χ1) is 7.06. The first-order valence-electron chi connectivity index (χ1n) is 6.28. The van der Waals surface area contributed by atoms with Crippen molar-refractivity contribution in [2.45, 2.75) is 56.6 Å². The lowest BCUT2D eigenvalue weighted by atomic mass is 9.64. The van der Waals surface area contributed by atoms with E-state index in [1.54, 1.807) is 0 Å². The van der Waals surface area contributed by atoms with Crippen molar-refractivity contribution in [3.05, 3.63) is 0 Å². The van der Waals surface area contributed by atoms with E-state index in [2.05, 4.69) is 12.2 Å². The molecule has 1 aliphatic carbocycles. The summed E-state index contributed by atoms with van der Waals surface area (Å²) in [5.74, 6) is 0.669. The quantitative estimate of drug-likeness (QED) is 0.608. The number of hydrogen-bond acceptors (Lipinski definition) is 3. The number of nitrogens with two attached hydrogens (primary N) is 1. The first-order valence-corrected chi connectivity index (χ1v) is 6.28. The molecule has 2 fully saturated rings. The van der Waals surface area contributed by atoms with Gasteiger partial charge in [0, 0.05) is 5.54 Å². The average Bonchev–Trinajstić information content (AvgIpc) is 2.18. The summed E-state index contributed by atoms with van der Waals surface area (Å²) in [7, 11) is 0. The molecule has 88 valence electrons. The van der Waals surface area contributed by atoms with Crippen molar-refractivity contribution in [1.82, 2.24) is 5.32 Å². The zero-order valence-electron chi connectivity index (χ0n) is 9.76. The van der Waals surface area contributed by atoms with Gasteiger partial charge in [-0.2, -0.15) is 0 Å². The lowest BCUT2D eigenvalue weighted by molar-refractivity contribution is -0.0791. The minimum Gasteiger partial charge on any atom is -0.388 e. The van der Waals surface area contributed by atoms with E-state index in [1.807, 2.05) is 0 Å². The molecule has 1 saturated heterocycles. The van der Waals surface area contributed by atoms with E-state index in [9.17, 15) is 5.11 Å². The van der Waals surface area contributed by atoms with E-state index in [4.69, 9.17) is 5.73 Å². The summed E-state index contributed by atoms with van der Waals surface area (Å²) < 4.78 is 0. The molecule has 0 amide bonds. The number of piperidine rings is 1. The fourth-order valence-electron chi connectivity index (χ4n) is 3.35. The fraction of sp³-hybridized carbons (Fsp3) is 1.00. The molecule has 4 N–H and O–H groups in total. The molecule has 3 heteroatoms. The highest BCUT2D eigenvalue weighted by molar-refractivity contribution is 5.07. The van der Waals surface area contributed by atoms with Gasteiger partial charge in [0.05, 0.1) is 5.60 Å². The van der Waals surface area contributed by atoms with Gasteiger partial charge in [-0.25, -0.2) is 0 Å². The molecule has 1 heterocycles. The molecule has 15 heavy (non-hydrogen) atoms. The standard InChI is InChI=1S/C12H24N2O/c1-10-3-2-4-11(13,9-10)12(15)5-7-14-8-6-12/h10,14-15H,2-9,13H2,1H3. The maximum absolute atomic E-state index is 10.7. The second kappa shape index (κ2) is 4.04. The van der Waals surface area contributed by atoms with Gasteiger partial charge in [-0.3, -0.25) is 0 Å². The van der Waals surface area contributed by atoms with Crippen LogP contribution < -0.4 is 11.1 Å². The molecular weight excluding hydrogens is 188 g/mol. The van der Waals surface area contributed by atoms with Crippen LogP contribution >= 0.6 is 0 Å². The molecule has 0 aromatic heterocycles. The van der Waals surface area contributed by atoms with Crippen molar-refractivity contribution >= 4 is 0 Å². The van der Waals surface area contributed by atoms with Gasteiger partial charge >= 0.3 is 0 Å². The molecule has 2 aliphatic rings. The number of rotatable bonds is 1. The predicted octanol–water partition coefficient (Wildman–Crippen LogP) is 1.01. The van der Waals surface area contributed by atoms with Crippen molar-refractivity contribution in [2.24, 2.45) is 11.7 Å². The SMILES string of the molecule is CC1CCCC(N)(C2(O)CCNCC2)C1. The van der Waals surface area contributed by atoms with Crippen LogP contribution in [0.5, 0.6) is 0 Å². The van der Waals surface area contributed by atoms with Gasteiger partial charge in [-0.15, -0.1) is 0 Å². The van der Waals surface area contributed by atoms with Gasteiger partial charge in [0.25, 0.3) is 0 Å². The Hall–Kier alpha value is -0.120. The molecule has 2 unspecified atom stereocenters. The van der Waals surface area contributed by atoms with Crippen molar-refractivity contribution < 1.29 is 5.11 Å². The Labute approximate surface area is 92.4 Å². The molecule has 1 saturated carbocycles. The third kappa shape index (κ3) is 2.05. The molecule has 3 nitrogen and oxygen atoms in total. The first kappa shape index (κ1) is 11.4. The normalized spacial score (nSPS) is 41.4.